The van der Waals surface area contributed by atoms with Crippen LogP contribution in [0.3, 0.4) is 0 Å². The summed E-state index contributed by atoms with van der Waals surface area (Å²) in [7, 11) is 0. The molecule has 6 heterocycles. The van der Waals surface area contributed by atoms with Crippen LogP contribution in [0.25, 0.3) is 4.85 Å². The third-order valence-corrected chi connectivity index (χ3v) is 13.0. The lowest BCUT2D eigenvalue weighted by Gasteiger charge is -2.41. The number of hydrogen-bond donors (Lipinski definition) is 1. The van der Waals surface area contributed by atoms with Gasteiger partial charge in [-0.25, -0.2) is 4.85 Å². The predicted octanol–water partition coefficient (Wildman–Crippen LogP) is 4.92. The Kier molecular flexibility index (Phi) is 8.53. The summed E-state index contributed by atoms with van der Waals surface area (Å²) in [5.41, 5.74) is 7.77. The second kappa shape index (κ2) is 13.3. The van der Waals surface area contributed by atoms with Crippen molar-refractivity contribution in [2.45, 2.75) is 71.1 Å². The molecule has 0 aromatic heterocycles. The Morgan fingerprint density at radius 3 is 2.18 bits per heavy atom. The molecule has 5 amide bonds. The number of carbonyl (C=O) groups excluding carboxylic acids is 5. The van der Waals surface area contributed by atoms with Gasteiger partial charge in [-0.2, -0.15) is 0 Å². The zero-order chi connectivity index (χ0) is 38.2. The van der Waals surface area contributed by atoms with Gasteiger partial charge >= 0.3 is 0 Å². The second-order valence-corrected chi connectivity index (χ2v) is 16.7. The smallest absolute Gasteiger partial charge is 0.262 e. The minimum Gasteiger partial charge on any atom is -0.371 e. The molecule has 0 saturated carbocycles. The van der Waals surface area contributed by atoms with E-state index in [1.54, 1.807) is 12.1 Å². The van der Waals surface area contributed by atoms with Crippen LogP contribution in [0.5, 0.6) is 0 Å². The predicted molar refractivity (Wildman–Crippen MR) is 206 cm³/mol. The zero-order valence-electron chi connectivity index (χ0n) is 31.3. The lowest BCUT2D eigenvalue weighted by atomic mass is 9.76. The Hall–Kier alpha value is -5.54. The summed E-state index contributed by atoms with van der Waals surface area (Å²) in [6.45, 7) is 18.3. The number of carbonyl (C=O) groups is 5. The number of imide groups is 2. The molecule has 0 aliphatic carbocycles. The van der Waals surface area contributed by atoms with Gasteiger partial charge in [0, 0.05) is 87.7 Å². The first kappa shape index (κ1) is 35.2. The SMILES string of the molecule is [C-]#[N+]c1ccc(N2CC3(CCN(c4ccc(C(=O)N5CC(CN6Cc7cc8c(cc7C6)C(=O)N(C6CCC(=O)NC6=O)C8=O)C5)cc4)CC3)C[C@@H]2C)cc1C. The number of amides is 5. The van der Waals surface area contributed by atoms with Crippen molar-refractivity contribution < 1.29 is 24.0 Å². The molecule has 4 fully saturated rings. The van der Waals surface area contributed by atoms with Crippen LogP contribution in [-0.4, -0.2) is 95.6 Å². The van der Waals surface area contributed by atoms with Gasteiger partial charge in [-0.15, -0.1) is 0 Å². The van der Waals surface area contributed by atoms with Crippen molar-refractivity contribution in [3.05, 3.63) is 99.4 Å². The highest BCUT2D eigenvalue weighted by atomic mass is 16.2. The van der Waals surface area contributed by atoms with Gasteiger partial charge in [-0.05, 0) is 110 Å². The summed E-state index contributed by atoms with van der Waals surface area (Å²) in [5, 5.41) is 2.24. The van der Waals surface area contributed by atoms with Crippen molar-refractivity contribution in [1.82, 2.24) is 20.0 Å². The number of fused-ring (bicyclic) bond motifs is 2. The van der Waals surface area contributed by atoms with Gasteiger partial charge in [0.05, 0.1) is 17.7 Å². The molecule has 1 N–H and O–H groups in total. The van der Waals surface area contributed by atoms with Crippen LogP contribution < -0.4 is 15.1 Å². The van der Waals surface area contributed by atoms with Gasteiger partial charge in [-0.3, -0.25) is 39.1 Å². The van der Waals surface area contributed by atoms with Crippen molar-refractivity contribution in [2.75, 3.05) is 49.1 Å². The van der Waals surface area contributed by atoms with E-state index < -0.39 is 29.7 Å². The summed E-state index contributed by atoms with van der Waals surface area (Å²) in [6, 6.07) is 17.4. The number of nitrogens with zero attached hydrogens (tertiary/aromatic N) is 6. The maximum atomic E-state index is 13.4. The molecule has 0 radical (unpaired) electrons. The highest BCUT2D eigenvalue weighted by Gasteiger charge is 2.46. The number of likely N-dealkylation sites (tertiary alicyclic amines) is 1. The van der Waals surface area contributed by atoms with Crippen LogP contribution in [0, 0.1) is 24.8 Å². The lowest BCUT2D eigenvalue weighted by molar-refractivity contribution is -0.136. The van der Waals surface area contributed by atoms with E-state index in [2.05, 4.69) is 56.1 Å². The number of benzene rings is 3. The summed E-state index contributed by atoms with van der Waals surface area (Å²) in [5.74, 6) is -1.57. The third kappa shape index (κ3) is 6.15. The molecule has 12 heteroatoms. The third-order valence-electron chi connectivity index (χ3n) is 13.0. The van der Waals surface area contributed by atoms with E-state index in [0.717, 1.165) is 72.0 Å². The van der Waals surface area contributed by atoms with Gasteiger partial charge in [-0.1, -0.05) is 6.07 Å². The highest BCUT2D eigenvalue weighted by Crippen LogP contribution is 2.46. The molecule has 0 bridgehead atoms. The summed E-state index contributed by atoms with van der Waals surface area (Å²) >= 11 is 0. The molecule has 1 spiro atoms. The molecule has 1 unspecified atom stereocenters. The molecular formula is C43H45N7O5. The first-order valence-corrected chi connectivity index (χ1v) is 19.5. The van der Waals surface area contributed by atoms with E-state index in [1.165, 1.54) is 12.1 Å². The summed E-state index contributed by atoms with van der Waals surface area (Å²) in [6.07, 6.45) is 3.67. The largest absolute Gasteiger partial charge is 0.371 e. The Morgan fingerprint density at radius 2 is 1.56 bits per heavy atom. The van der Waals surface area contributed by atoms with Crippen LogP contribution in [-0.2, 0) is 22.7 Å². The molecule has 4 saturated heterocycles. The fourth-order valence-corrected chi connectivity index (χ4v) is 9.99. The van der Waals surface area contributed by atoms with E-state index in [4.69, 9.17) is 6.57 Å². The zero-order valence-corrected chi connectivity index (χ0v) is 31.3. The van der Waals surface area contributed by atoms with Crippen molar-refractivity contribution in [1.29, 1.82) is 0 Å². The van der Waals surface area contributed by atoms with Crippen LogP contribution in [0.2, 0.25) is 0 Å². The highest BCUT2D eigenvalue weighted by molar-refractivity contribution is 6.23. The Morgan fingerprint density at radius 1 is 0.909 bits per heavy atom. The van der Waals surface area contributed by atoms with Gasteiger partial charge in [0.25, 0.3) is 17.7 Å². The van der Waals surface area contributed by atoms with E-state index in [9.17, 15) is 24.0 Å². The Balaban J connectivity index is 0.750. The van der Waals surface area contributed by atoms with Crippen molar-refractivity contribution in [3.63, 3.8) is 0 Å². The number of hydrogen-bond acceptors (Lipinski definition) is 8. The Bertz CT molecular complexity index is 2130. The quantitative estimate of drug-likeness (QED) is 0.280. The fourth-order valence-electron chi connectivity index (χ4n) is 9.99. The second-order valence-electron chi connectivity index (χ2n) is 16.7. The fraction of sp³-hybridized carbons (Fsp3) is 0.442. The molecule has 6 aliphatic heterocycles. The molecule has 12 nitrogen and oxygen atoms in total. The number of nitrogens with one attached hydrogen (secondary N) is 1. The first-order valence-electron chi connectivity index (χ1n) is 19.5. The standard InChI is InChI=1S/C43H45N7O5/c1-26-16-33(8-9-36(26)44-3)49-25-43(19-27(49)2)12-14-47(15-13-43)32-6-4-29(5-7-32)40(53)48-21-28(22-48)20-46-23-30-17-34-35(18-31(30)24-46)42(55)50(41(34)54)37-10-11-38(51)45-39(37)52/h4-9,16-18,27-28,37H,10-15,19-25H2,1-2H3,(H,45,51,52)/t27-,37?/m0/s1. The monoisotopic (exact) mass is 739 g/mol. The molecule has 55 heavy (non-hydrogen) atoms. The Labute approximate surface area is 320 Å². The van der Waals surface area contributed by atoms with Gasteiger partial charge in [0.2, 0.25) is 11.8 Å². The van der Waals surface area contributed by atoms with Gasteiger partial charge in [0.1, 0.15) is 6.04 Å². The number of piperidine rings is 2. The number of anilines is 2. The van der Waals surface area contributed by atoms with Gasteiger partial charge < -0.3 is 14.7 Å². The van der Waals surface area contributed by atoms with E-state index in [1.807, 2.05) is 30.0 Å². The van der Waals surface area contributed by atoms with Crippen LogP contribution in [0.4, 0.5) is 17.1 Å². The van der Waals surface area contributed by atoms with Crippen LogP contribution in [0.1, 0.15) is 86.8 Å². The van der Waals surface area contributed by atoms with E-state index in [-0.39, 0.29) is 18.7 Å². The molecule has 6 aliphatic rings. The van der Waals surface area contributed by atoms with Gasteiger partial charge in [0.15, 0.2) is 5.69 Å². The van der Waals surface area contributed by atoms with E-state index in [0.29, 0.717) is 60.2 Å². The van der Waals surface area contributed by atoms with Crippen LogP contribution >= 0.6 is 0 Å². The normalized spacial score (nSPS) is 23.6. The van der Waals surface area contributed by atoms with E-state index >= 15 is 0 Å². The lowest BCUT2D eigenvalue weighted by Crippen LogP contribution is -2.54. The molecule has 3 aromatic rings. The maximum Gasteiger partial charge on any atom is 0.262 e. The summed E-state index contributed by atoms with van der Waals surface area (Å²) < 4.78 is 0. The minimum absolute atomic E-state index is 0.0545. The van der Waals surface area contributed by atoms with Crippen molar-refractivity contribution in [3.8, 4) is 0 Å². The van der Waals surface area contributed by atoms with Crippen molar-refractivity contribution >= 4 is 46.6 Å². The molecule has 9 rings (SSSR count). The molecule has 2 atom stereocenters. The average molecular weight is 740 g/mol. The molecule has 3 aromatic carbocycles. The van der Waals surface area contributed by atoms with Crippen LogP contribution in [0.15, 0.2) is 54.6 Å². The summed E-state index contributed by atoms with van der Waals surface area (Å²) in [4.78, 5) is 77.8. The maximum absolute atomic E-state index is 13.4. The topological polar surface area (TPSA) is 118 Å². The minimum atomic E-state index is -0.970. The molecular weight excluding hydrogens is 695 g/mol. The van der Waals surface area contributed by atoms with Crippen molar-refractivity contribution in [2.24, 2.45) is 11.3 Å². The first-order chi connectivity index (χ1) is 26.5. The average Bonchev–Trinajstić information content (AvgIpc) is 3.79. The number of rotatable bonds is 6. The number of aryl methyl sites for hydroxylation is 1. The molecule has 282 valence electrons.